The molecule has 5 heteroatoms. The molecule has 0 saturated carbocycles. The van der Waals surface area contributed by atoms with Gasteiger partial charge in [0.1, 0.15) is 22.6 Å². The average molecular weight is 301 g/mol. The molecule has 0 N–H and O–H groups in total. The van der Waals surface area contributed by atoms with Gasteiger partial charge in [0.15, 0.2) is 0 Å². The highest BCUT2D eigenvalue weighted by Gasteiger charge is 2.21. The van der Waals surface area contributed by atoms with Gasteiger partial charge in [-0.25, -0.2) is 13.0 Å². The van der Waals surface area contributed by atoms with E-state index in [-0.39, 0.29) is 5.56 Å². The Morgan fingerprint density at radius 2 is 1.95 bits per heavy atom. The zero-order valence-electron chi connectivity index (χ0n) is 12.4. The number of halogens is 2. The molecule has 0 aliphatic heterocycles. The minimum absolute atomic E-state index is 0.107. The first kappa shape index (κ1) is 17.0. The second kappa shape index (κ2) is 7.07. The van der Waals surface area contributed by atoms with Gasteiger partial charge in [0.25, 0.3) is 0 Å². The van der Waals surface area contributed by atoms with Crippen LogP contribution >= 0.6 is 0 Å². The van der Waals surface area contributed by atoms with Crippen LogP contribution < -0.4 is 0 Å². The van der Waals surface area contributed by atoms with E-state index in [1.807, 2.05) is 6.92 Å². The smallest absolute Gasteiger partial charge is 0.145 e. The lowest BCUT2D eigenvalue weighted by atomic mass is 10.0. The fourth-order valence-corrected chi connectivity index (χ4v) is 2.19. The molecule has 0 radical (unpaired) electrons. The van der Waals surface area contributed by atoms with Crippen molar-refractivity contribution in [3.63, 3.8) is 0 Å². The summed E-state index contributed by atoms with van der Waals surface area (Å²) in [5, 5.41) is 0. The molecular weight excluding hydrogens is 280 g/mol. The van der Waals surface area contributed by atoms with Crippen LogP contribution in [-0.4, -0.2) is 14.7 Å². The number of benzene rings is 1. The van der Waals surface area contributed by atoms with Crippen LogP contribution in [0.2, 0.25) is 0 Å². The van der Waals surface area contributed by atoms with E-state index >= 15 is 0 Å². The summed E-state index contributed by atoms with van der Waals surface area (Å²) < 4.78 is 42.9. The summed E-state index contributed by atoms with van der Waals surface area (Å²) in [6.45, 7) is 7.39. The lowest BCUT2D eigenvalue weighted by Gasteiger charge is -2.15. The molecule has 1 aromatic carbocycles. The van der Waals surface area contributed by atoms with E-state index in [0.29, 0.717) is 12.1 Å². The molecule has 0 heterocycles. The number of nitrogens with zero attached hydrogens (tertiary/aromatic N) is 1. The van der Waals surface area contributed by atoms with Crippen molar-refractivity contribution < 1.29 is 13.0 Å². The summed E-state index contributed by atoms with van der Waals surface area (Å²) >= 11 is 0. The normalized spacial score (nSPS) is 14.4. The molecular formula is C15H21F2NOS. The van der Waals surface area contributed by atoms with Crippen molar-refractivity contribution in [3.8, 4) is 0 Å². The van der Waals surface area contributed by atoms with Crippen molar-refractivity contribution >= 4 is 16.7 Å². The van der Waals surface area contributed by atoms with E-state index in [1.165, 1.54) is 0 Å². The molecule has 20 heavy (non-hydrogen) atoms. The molecule has 1 rings (SSSR count). The molecule has 0 aliphatic carbocycles. The third-order valence-corrected chi connectivity index (χ3v) is 4.16. The zero-order valence-corrected chi connectivity index (χ0v) is 13.2. The standard InChI is InChI=1S/C15H21F2NOS/c1-5-6-7-14(18-20(19)15(2,3)4)12-10-11(16)8-9-13(12)17/h8-10H,5-7H2,1-4H3/b18-14+/t20-/m0/s1. The molecule has 2 nitrogen and oxygen atoms in total. The first-order valence-corrected chi connectivity index (χ1v) is 7.81. The topological polar surface area (TPSA) is 29.4 Å². The summed E-state index contributed by atoms with van der Waals surface area (Å²) in [5.41, 5.74) is 0.480. The first-order chi connectivity index (χ1) is 9.25. The van der Waals surface area contributed by atoms with Gasteiger partial charge in [-0.15, -0.1) is 0 Å². The highest BCUT2D eigenvalue weighted by Crippen LogP contribution is 2.19. The Morgan fingerprint density at radius 3 is 2.50 bits per heavy atom. The van der Waals surface area contributed by atoms with Crippen molar-refractivity contribution in [2.24, 2.45) is 4.40 Å². The lowest BCUT2D eigenvalue weighted by Crippen LogP contribution is -2.21. The fourth-order valence-electron chi connectivity index (χ4n) is 1.53. The minimum Gasteiger partial charge on any atom is -0.234 e. The van der Waals surface area contributed by atoms with Crippen LogP contribution in [0.5, 0.6) is 0 Å². The van der Waals surface area contributed by atoms with Crippen LogP contribution in [0.15, 0.2) is 22.6 Å². The Kier molecular flexibility index (Phi) is 5.99. The molecule has 0 fully saturated rings. The van der Waals surface area contributed by atoms with Gasteiger partial charge in [-0.2, -0.15) is 4.40 Å². The second-order valence-corrected chi connectivity index (χ2v) is 7.53. The number of hydrogen-bond acceptors (Lipinski definition) is 1. The Bertz CT molecular complexity index is 521. The van der Waals surface area contributed by atoms with E-state index in [0.717, 1.165) is 31.0 Å². The van der Waals surface area contributed by atoms with Gasteiger partial charge in [0.2, 0.25) is 0 Å². The van der Waals surface area contributed by atoms with Gasteiger partial charge in [0, 0.05) is 5.56 Å². The number of unbranched alkanes of at least 4 members (excludes halogenated alkanes) is 1. The maximum atomic E-state index is 13.8. The summed E-state index contributed by atoms with van der Waals surface area (Å²) in [6, 6.07) is 3.26. The van der Waals surface area contributed by atoms with Gasteiger partial charge < -0.3 is 0 Å². The van der Waals surface area contributed by atoms with Crippen molar-refractivity contribution in [2.45, 2.75) is 51.7 Å². The largest absolute Gasteiger partial charge is 0.234 e. The quantitative estimate of drug-likeness (QED) is 0.741. The predicted octanol–water partition coefficient (Wildman–Crippen LogP) is 4.41. The van der Waals surface area contributed by atoms with Gasteiger partial charge in [-0.1, -0.05) is 13.3 Å². The summed E-state index contributed by atoms with van der Waals surface area (Å²) in [7, 11) is -1.49. The van der Waals surface area contributed by atoms with E-state index < -0.39 is 27.4 Å². The van der Waals surface area contributed by atoms with Gasteiger partial charge in [-0.05, 0) is 51.8 Å². The SMILES string of the molecule is CCCC/C(=N\[S@@](=O)C(C)(C)C)c1cc(F)ccc1F. The van der Waals surface area contributed by atoms with E-state index in [1.54, 1.807) is 20.8 Å². The van der Waals surface area contributed by atoms with Crippen molar-refractivity contribution in [3.05, 3.63) is 35.4 Å². The van der Waals surface area contributed by atoms with Crippen LogP contribution in [0.25, 0.3) is 0 Å². The Morgan fingerprint density at radius 1 is 1.30 bits per heavy atom. The molecule has 0 spiro atoms. The monoisotopic (exact) mass is 301 g/mol. The maximum Gasteiger partial charge on any atom is 0.145 e. The molecule has 0 aromatic heterocycles. The van der Waals surface area contributed by atoms with Gasteiger partial charge in [0.05, 0.1) is 10.5 Å². The molecule has 1 atom stereocenters. The Hall–Kier alpha value is -1.10. The van der Waals surface area contributed by atoms with Crippen LogP contribution in [-0.2, 0) is 11.0 Å². The summed E-state index contributed by atoms with van der Waals surface area (Å²) in [5.74, 6) is -1.06. The van der Waals surface area contributed by atoms with Crippen LogP contribution in [0.3, 0.4) is 0 Å². The third-order valence-electron chi connectivity index (χ3n) is 2.72. The molecule has 0 bridgehead atoms. The third kappa shape index (κ3) is 4.78. The average Bonchev–Trinajstić information content (AvgIpc) is 2.36. The molecule has 0 unspecified atom stereocenters. The highest BCUT2D eigenvalue weighted by molar-refractivity contribution is 7.85. The predicted molar refractivity (Wildman–Crippen MR) is 80.3 cm³/mol. The Balaban J connectivity index is 3.21. The maximum absolute atomic E-state index is 13.8. The van der Waals surface area contributed by atoms with Crippen LogP contribution in [0.4, 0.5) is 8.78 Å². The summed E-state index contributed by atoms with van der Waals surface area (Å²) in [6.07, 6.45) is 2.17. The first-order valence-electron chi connectivity index (χ1n) is 6.70. The lowest BCUT2D eigenvalue weighted by molar-refractivity contribution is 0.597. The summed E-state index contributed by atoms with van der Waals surface area (Å²) in [4.78, 5) is 0. The van der Waals surface area contributed by atoms with E-state index in [2.05, 4.69) is 4.40 Å². The van der Waals surface area contributed by atoms with Crippen LogP contribution in [0.1, 0.15) is 52.5 Å². The highest BCUT2D eigenvalue weighted by atomic mass is 32.2. The van der Waals surface area contributed by atoms with Gasteiger partial charge >= 0.3 is 0 Å². The van der Waals surface area contributed by atoms with Crippen molar-refractivity contribution in [1.82, 2.24) is 0 Å². The van der Waals surface area contributed by atoms with Gasteiger partial charge in [-0.3, -0.25) is 0 Å². The van der Waals surface area contributed by atoms with E-state index in [9.17, 15) is 13.0 Å². The molecule has 0 saturated heterocycles. The van der Waals surface area contributed by atoms with E-state index in [4.69, 9.17) is 0 Å². The molecule has 0 amide bonds. The number of rotatable bonds is 5. The Labute approximate surface area is 121 Å². The number of hydrogen-bond donors (Lipinski definition) is 0. The van der Waals surface area contributed by atoms with Crippen molar-refractivity contribution in [2.75, 3.05) is 0 Å². The zero-order chi connectivity index (χ0) is 15.3. The minimum atomic E-state index is -1.49. The molecule has 0 aliphatic rings. The molecule has 112 valence electrons. The molecule has 1 aromatic rings. The fraction of sp³-hybridized carbons (Fsp3) is 0.533. The van der Waals surface area contributed by atoms with Crippen molar-refractivity contribution in [1.29, 1.82) is 0 Å². The van der Waals surface area contributed by atoms with Crippen LogP contribution in [0, 0.1) is 11.6 Å². The second-order valence-electron chi connectivity index (χ2n) is 5.63.